The number of aliphatic hydroxyl groups is 1. The quantitative estimate of drug-likeness (QED) is 0.702. The maximum atomic E-state index is 11.9. The fourth-order valence-corrected chi connectivity index (χ4v) is 2.40. The Labute approximate surface area is 89.3 Å². The molecule has 0 aromatic carbocycles. The Hall–Kier alpha value is -1.08. The first-order chi connectivity index (χ1) is 7.16. The zero-order valence-corrected chi connectivity index (χ0v) is 8.70. The highest BCUT2D eigenvalue weighted by Gasteiger charge is 2.43. The van der Waals surface area contributed by atoms with E-state index in [2.05, 4.69) is 11.4 Å². The summed E-state index contributed by atoms with van der Waals surface area (Å²) in [6, 6.07) is 2.25. The minimum absolute atomic E-state index is 0.0818. The number of hydrogen-bond acceptors (Lipinski definition) is 3. The van der Waals surface area contributed by atoms with Gasteiger partial charge >= 0.3 is 0 Å². The lowest BCUT2D eigenvalue weighted by molar-refractivity contribution is -0.130. The summed E-state index contributed by atoms with van der Waals surface area (Å²) < 4.78 is 0. The molecule has 1 amide bonds. The number of carbonyl (C=O) groups excluding carboxylic acids is 1. The van der Waals surface area contributed by atoms with E-state index in [0.29, 0.717) is 25.7 Å². The van der Waals surface area contributed by atoms with Gasteiger partial charge in [-0.3, -0.25) is 4.79 Å². The smallest absolute Gasteiger partial charge is 0.240 e. The van der Waals surface area contributed by atoms with Crippen LogP contribution in [0.4, 0.5) is 0 Å². The molecule has 15 heavy (non-hydrogen) atoms. The zero-order valence-electron chi connectivity index (χ0n) is 8.70. The molecule has 0 aliphatic heterocycles. The van der Waals surface area contributed by atoms with Crippen LogP contribution in [-0.4, -0.2) is 23.2 Å². The van der Waals surface area contributed by atoms with Crippen LogP contribution in [0.25, 0.3) is 0 Å². The Bertz CT molecular complexity index is 296. The van der Waals surface area contributed by atoms with E-state index in [4.69, 9.17) is 10.4 Å². The van der Waals surface area contributed by atoms with Gasteiger partial charge in [-0.05, 0) is 25.7 Å². The van der Waals surface area contributed by atoms with E-state index < -0.39 is 5.41 Å². The van der Waals surface area contributed by atoms with Gasteiger partial charge in [-0.2, -0.15) is 5.26 Å². The maximum Gasteiger partial charge on any atom is 0.240 e. The van der Waals surface area contributed by atoms with Gasteiger partial charge in [0.2, 0.25) is 5.91 Å². The van der Waals surface area contributed by atoms with Crippen molar-refractivity contribution >= 4 is 5.91 Å². The molecule has 0 atom stereocenters. The Morgan fingerprint density at radius 1 is 1.40 bits per heavy atom. The third-order valence-corrected chi connectivity index (χ3v) is 3.55. The lowest BCUT2D eigenvalue weighted by Gasteiger charge is -2.34. The van der Waals surface area contributed by atoms with E-state index in [9.17, 15) is 4.79 Å². The van der Waals surface area contributed by atoms with Crippen molar-refractivity contribution in [3.63, 3.8) is 0 Å². The van der Waals surface area contributed by atoms with E-state index in [0.717, 1.165) is 12.8 Å². The molecule has 82 valence electrons. The van der Waals surface area contributed by atoms with Gasteiger partial charge in [0, 0.05) is 6.04 Å². The molecular formula is C11H16N2O2. The fraction of sp³-hybridized carbons (Fsp3) is 0.818. The summed E-state index contributed by atoms with van der Waals surface area (Å²) >= 11 is 0. The number of nitriles is 1. The molecule has 0 aromatic heterocycles. The molecule has 0 spiro atoms. The maximum absolute atomic E-state index is 11.9. The summed E-state index contributed by atoms with van der Waals surface area (Å²) in [6.45, 7) is 0. The predicted molar refractivity (Wildman–Crippen MR) is 53.7 cm³/mol. The second kappa shape index (κ2) is 3.82. The van der Waals surface area contributed by atoms with Crippen molar-refractivity contribution in [3.05, 3.63) is 0 Å². The molecule has 2 aliphatic rings. The van der Waals surface area contributed by atoms with E-state index in [1.165, 1.54) is 0 Å². The third kappa shape index (κ3) is 1.84. The van der Waals surface area contributed by atoms with Crippen LogP contribution >= 0.6 is 0 Å². The number of amides is 1. The van der Waals surface area contributed by atoms with E-state index >= 15 is 0 Å². The molecule has 0 heterocycles. The largest absolute Gasteiger partial charge is 0.393 e. The van der Waals surface area contributed by atoms with Crippen LogP contribution in [0, 0.1) is 16.7 Å². The molecule has 0 unspecified atom stereocenters. The number of hydrogen-bond donors (Lipinski definition) is 2. The first-order valence-electron chi connectivity index (χ1n) is 5.56. The van der Waals surface area contributed by atoms with Gasteiger partial charge in [0.05, 0.1) is 12.2 Å². The summed E-state index contributed by atoms with van der Waals surface area (Å²) in [7, 11) is 0. The average Bonchev–Trinajstić information content (AvgIpc) is 2.64. The molecule has 2 rings (SSSR count). The highest BCUT2D eigenvalue weighted by Crippen LogP contribution is 2.38. The number of nitrogens with zero attached hydrogens (tertiary/aromatic N) is 1. The van der Waals surface area contributed by atoms with Gasteiger partial charge in [-0.15, -0.1) is 0 Å². The Morgan fingerprint density at radius 3 is 2.47 bits per heavy atom. The van der Waals surface area contributed by atoms with Crippen molar-refractivity contribution in [2.24, 2.45) is 5.41 Å². The standard InChI is InChI=1S/C11H16N2O2/c12-7-11(3-1-2-4-11)10(15)13-8-5-9(14)6-8/h8-9,14H,1-6H2,(H,13,15). The van der Waals surface area contributed by atoms with Crippen LogP contribution in [0.3, 0.4) is 0 Å². The summed E-state index contributed by atoms with van der Waals surface area (Å²) in [5.74, 6) is -0.126. The lowest BCUT2D eigenvalue weighted by Crippen LogP contribution is -2.51. The highest BCUT2D eigenvalue weighted by molar-refractivity contribution is 5.86. The average molecular weight is 208 g/mol. The van der Waals surface area contributed by atoms with Gasteiger partial charge in [0.1, 0.15) is 5.41 Å². The van der Waals surface area contributed by atoms with Crippen LogP contribution < -0.4 is 5.32 Å². The van der Waals surface area contributed by atoms with E-state index in [-0.39, 0.29) is 18.1 Å². The first kappa shape index (κ1) is 10.4. The molecular weight excluding hydrogens is 192 g/mol. The fourth-order valence-electron chi connectivity index (χ4n) is 2.40. The minimum Gasteiger partial charge on any atom is -0.393 e. The number of nitrogens with one attached hydrogen (secondary N) is 1. The summed E-state index contributed by atoms with van der Waals surface area (Å²) in [6.07, 6.45) is 4.30. The molecule has 2 saturated carbocycles. The van der Waals surface area contributed by atoms with Crippen molar-refractivity contribution in [1.29, 1.82) is 5.26 Å². The van der Waals surface area contributed by atoms with Gasteiger partial charge in [0.25, 0.3) is 0 Å². The van der Waals surface area contributed by atoms with Crippen LogP contribution in [0.2, 0.25) is 0 Å². The number of carbonyl (C=O) groups is 1. The third-order valence-electron chi connectivity index (χ3n) is 3.55. The molecule has 0 aromatic rings. The van der Waals surface area contributed by atoms with Crippen LogP contribution in [0.1, 0.15) is 38.5 Å². The Balaban J connectivity index is 1.92. The van der Waals surface area contributed by atoms with Gasteiger partial charge in [-0.25, -0.2) is 0 Å². The van der Waals surface area contributed by atoms with Crippen LogP contribution in [0.15, 0.2) is 0 Å². The van der Waals surface area contributed by atoms with E-state index in [1.54, 1.807) is 0 Å². The van der Waals surface area contributed by atoms with Crippen LogP contribution in [0.5, 0.6) is 0 Å². The molecule has 2 N–H and O–H groups in total. The van der Waals surface area contributed by atoms with Crippen LogP contribution in [-0.2, 0) is 4.79 Å². The zero-order chi connectivity index (χ0) is 10.9. The summed E-state index contributed by atoms with van der Waals surface area (Å²) in [5.41, 5.74) is -0.777. The Kier molecular flexibility index (Phi) is 2.66. The van der Waals surface area contributed by atoms with E-state index in [1.807, 2.05) is 0 Å². The molecule has 0 radical (unpaired) electrons. The summed E-state index contributed by atoms with van der Waals surface area (Å²) in [5, 5.41) is 21.0. The lowest BCUT2D eigenvalue weighted by atomic mass is 9.84. The number of rotatable bonds is 2. The molecule has 0 bridgehead atoms. The van der Waals surface area contributed by atoms with Crippen molar-refractivity contribution in [3.8, 4) is 6.07 Å². The van der Waals surface area contributed by atoms with Crippen molar-refractivity contribution in [1.82, 2.24) is 5.32 Å². The topological polar surface area (TPSA) is 73.1 Å². The summed E-state index contributed by atoms with van der Waals surface area (Å²) in [4.78, 5) is 11.9. The van der Waals surface area contributed by atoms with Crippen molar-refractivity contribution < 1.29 is 9.90 Å². The van der Waals surface area contributed by atoms with Crippen molar-refractivity contribution in [2.75, 3.05) is 0 Å². The molecule has 4 heteroatoms. The number of aliphatic hydroxyl groups excluding tert-OH is 1. The van der Waals surface area contributed by atoms with Gasteiger partial charge in [0.15, 0.2) is 0 Å². The predicted octanol–water partition coefficient (Wildman–Crippen LogP) is 0.710. The normalized spacial score (nSPS) is 32.8. The SMILES string of the molecule is N#CC1(C(=O)NC2CC(O)C2)CCCC1. The first-order valence-corrected chi connectivity index (χ1v) is 5.56. The second-order valence-electron chi connectivity index (χ2n) is 4.70. The van der Waals surface area contributed by atoms with Gasteiger partial charge in [-0.1, -0.05) is 12.8 Å². The van der Waals surface area contributed by atoms with Gasteiger partial charge < -0.3 is 10.4 Å². The Morgan fingerprint density at radius 2 is 2.00 bits per heavy atom. The second-order valence-corrected chi connectivity index (χ2v) is 4.70. The minimum atomic E-state index is -0.777. The molecule has 4 nitrogen and oxygen atoms in total. The molecule has 0 saturated heterocycles. The molecule has 2 fully saturated rings. The monoisotopic (exact) mass is 208 g/mol. The van der Waals surface area contributed by atoms with Crippen molar-refractivity contribution in [2.45, 2.75) is 50.7 Å². The highest BCUT2D eigenvalue weighted by atomic mass is 16.3. The molecule has 2 aliphatic carbocycles.